The molecule has 0 saturated heterocycles. The second kappa shape index (κ2) is 4.97. The molecule has 0 aromatic carbocycles. The van der Waals surface area contributed by atoms with Crippen LogP contribution in [0.5, 0.6) is 0 Å². The van der Waals surface area contributed by atoms with Crippen molar-refractivity contribution in [2.45, 2.75) is 20.3 Å². The molecule has 0 N–H and O–H groups in total. The molecule has 0 saturated carbocycles. The zero-order chi connectivity index (χ0) is 7.98. The molecular formula is C7H14N2O. The third-order valence-corrected chi connectivity index (χ3v) is 1.16. The summed E-state index contributed by atoms with van der Waals surface area (Å²) in [6, 6.07) is 0. The van der Waals surface area contributed by atoms with Gasteiger partial charge in [-0.15, -0.1) is 0 Å². The molecule has 3 nitrogen and oxygen atoms in total. The Labute approximate surface area is 61.8 Å². The summed E-state index contributed by atoms with van der Waals surface area (Å²) in [5.41, 5.74) is 0. The minimum Gasteiger partial charge on any atom is -0.484 e. The number of hydrogen-bond donors (Lipinski definition) is 0. The van der Waals surface area contributed by atoms with Gasteiger partial charge in [-0.1, -0.05) is 6.92 Å². The Bertz CT molecular complexity index is 150. The molecule has 0 atom stereocenters. The maximum Gasteiger partial charge on any atom is 0.186 e. The van der Waals surface area contributed by atoms with E-state index >= 15 is 0 Å². The van der Waals surface area contributed by atoms with Crippen molar-refractivity contribution >= 4 is 11.7 Å². The Balaban J connectivity index is 4.08. The fraction of sp³-hybridized carbons (Fsp3) is 0.714. The van der Waals surface area contributed by atoms with Crippen molar-refractivity contribution in [3.63, 3.8) is 0 Å². The standard InChI is InChI=1S/C7H14N2O/c1-5-7(8-3)9-6(2)10-4/h5H2,1-4H3. The average molecular weight is 142 g/mol. The van der Waals surface area contributed by atoms with Crippen LogP contribution >= 0.6 is 0 Å². The van der Waals surface area contributed by atoms with Crippen molar-refractivity contribution in [1.29, 1.82) is 0 Å². The van der Waals surface area contributed by atoms with E-state index < -0.39 is 0 Å². The van der Waals surface area contributed by atoms with E-state index in [4.69, 9.17) is 4.74 Å². The lowest BCUT2D eigenvalue weighted by molar-refractivity contribution is 0.400. The first kappa shape index (κ1) is 9.14. The van der Waals surface area contributed by atoms with Gasteiger partial charge >= 0.3 is 0 Å². The van der Waals surface area contributed by atoms with Crippen molar-refractivity contribution in [1.82, 2.24) is 0 Å². The van der Waals surface area contributed by atoms with Crippen molar-refractivity contribution in [3.8, 4) is 0 Å². The van der Waals surface area contributed by atoms with Gasteiger partial charge in [0.25, 0.3) is 0 Å². The molecule has 0 spiro atoms. The molecule has 3 heteroatoms. The van der Waals surface area contributed by atoms with Gasteiger partial charge in [-0.2, -0.15) is 0 Å². The number of hydrogen-bond acceptors (Lipinski definition) is 2. The van der Waals surface area contributed by atoms with E-state index in [-0.39, 0.29) is 0 Å². The molecule has 0 rings (SSSR count). The van der Waals surface area contributed by atoms with E-state index in [2.05, 4.69) is 9.98 Å². The van der Waals surface area contributed by atoms with Gasteiger partial charge in [0, 0.05) is 20.4 Å². The third-order valence-electron chi connectivity index (χ3n) is 1.16. The predicted octanol–water partition coefficient (Wildman–Crippen LogP) is 1.49. The Morgan fingerprint density at radius 2 is 2.10 bits per heavy atom. The molecule has 58 valence electrons. The lowest BCUT2D eigenvalue weighted by Crippen LogP contribution is -2.00. The lowest BCUT2D eigenvalue weighted by Gasteiger charge is -1.97. The van der Waals surface area contributed by atoms with Gasteiger partial charge in [-0.25, -0.2) is 4.99 Å². The molecule has 0 aliphatic heterocycles. The van der Waals surface area contributed by atoms with Gasteiger partial charge in [-0.05, 0) is 0 Å². The molecule has 0 aromatic rings. The van der Waals surface area contributed by atoms with Crippen LogP contribution in [0.3, 0.4) is 0 Å². The first-order valence-electron chi connectivity index (χ1n) is 3.29. The first-order chi connectivity index (χ1) is 4.74. The number of amidine groups is 1. The Hall–Kier alpha value is -0.860. The van der Waals surface area contributed by atoms with E-state index in [1.165, 1.54) is 0 Å². The number of aliphatic imine (C=N–C) groups is 2. The Morgan fingerprint density at radius 1 is 1.50 bits per heavy atom. The normalized spacial score (nSPS) is 13.6. The van der Waals surface area contributed by atoms with E-state index in [9.17, 15) is 0 Å². The molecule has 0 heterocycles. The second-order valence-corrected chi connectivity index (χ2v) is 1.83. The van der Waals surface area contributed by atoms with E-state index in [0.29, 0.717) is 5.90 Å². The summed E-state index contributed by atoms with van der Waals surface area (Å²) in [7, 11) is 3.33. The molecule has 0 unspecified atom stereocenters. The van der Waals surface area contributed by atoms with Crippen LogP contribution in [0, 0.1) is 0 Å². The van der Waals surface area contributed by atoms with Crippen molar-refractivity contribution in [2.75, 3.05) is 14.2 Å². The van der Waals surface area contributed by atoms with Crippen LogP contribution in [0.1, 0.15) is 20.3 Å². The summed E-state index contributed by atoms with van der Waals surface area (Å²) >= 11 is 0. The number of rotatable bonds is 1. The monoisotopic (exact) mass is 142 g/mol. The Morgan fingerprint density at radius 3 is 2.40 bits per heavy atom. The average Bonchev–Trinajstić information content (AvgIpc) is 1.99. The van der Waals surface area contributed by atoms with Gasteiger partial charge in [0.2, 0.25) is 0 Å². The second-order valence-electron chi connectivity index (χ2n) is 1.83. The van der Waals surface area contributed by atoms with Crippen molar-refractivity contribution in [3.05, 3.63) is 0 Å². The highest BCUT2D eigenvalue weighted by Crippen LogP contribution is 1.88. The molecule has 0 aliphatic rings. The molecule has 0 aliphatic carbocycles. The topological polar surface area (TPSA) is 34.0 Å². The first-order valence-corrected chi connectivity index (χ1v) is 3.29. The molecule has 0 fully saturated rings. The molecule has 0 aromatic heterocycles. The number of methoxy groups -OCH3 is 1. The number of nitrogens with zero attached hydrogens (tertiary/aromatic N) is 2. The predicted molar refractivity (Wildman–Crippen MR) is 43.8 cm³/mol. The van der Waals surface area contributed by atoms with Crippen molar-refractivity contribution < 1.29 is 4.74 Å². The molecular weight excluding hydrogens is 128 g/mol. The minimum absolute atomic E-state index is 0.655. The van der Waals surface area contributed by atoms with Crippen LogP contribution in [0.15, 0.2) is 9.98 Å². The van der Waals surface area contributed by atoms with Gasteiger partial charge in [0.15, 0.2) is 5.90 Å². The van der Waals surface area contributed by atoms with Gasteiger partial charge in [0.05, 0.1) is 7.11 Å². The third kappa shape index (κ3) is 3.22. The number of ether oxygens (including phenoxy) is 1. The molecule has 0 radical (unpaired) electrons. The summed E-state index contributed by atoms with van der Waals surface area (Å²) in [5.74, 6) is 1.47. The quantitative estimate of drug-likeness (QED) is 0.403. The van der Waals surface area contributed by atoms with Gasteiger partial charge in [0.1, 0.15) is 5.84 Å². The van der Waals surface area contributed by atoms with Gasteiger partial charge < -0.3 is 4.74 Å². The molecule has 0 bridgehead atoms. The highest BCUT2D eigenvalue weighted by molar-refractivity contribution is 5.93. The van der Waals surface area contributed by atoms with Crippen LogP contribution in [0.25, 0.3) is 0 Å². The lowest BCUT2D eigenvalue weighted by atomic mass is 10.4. The molecule has 10 heavy (non-hydrogen) atoms. The van der Waals surface area contributed by atoms with Gasteiger partial charge in [-0.3, -0.25) is 4.99 Å². The summed E-state index contributed by atoms with van der Waals surface area (Å²) in [6.07, 6.45) is 0.844. The van der Waals surface area contributed by atoms with E-state index in [1.54, 1.807) is 21.1 Å². The smallest absolute Gasteiger partial charge is 0.186 e. The fourth-order valence-corrected chi connectivity index (χ4v) is 0.515. The summed E-state index contributed by atoms with van der Waals surface area (Å²) < 4.78 is 4.85. The maximum absolute atomic E-state index is 4.85. The van der Waals surface area contributed by atoms with E-state index in [1.807, 2.05) is 6.92 Å². The van der Waals surface area contributed by atoms with Crippen LogP contribution in [0.4, 0.5) is 0 Å². The largest absolute Gasteiger partial charge is 0.484 e. The summed E-state index contributed by atoms with van der Waals surface area (Å²) in [6.45, 7) is 3.82. The summed E-state index contributed by atoms with van der Waals surface area (Å²) in [5, 5.41) is 0. The van der Waals surface area contributed by atoms with Crippen LogP contribution in [-0.2, 0) is 4.74 Å². The molecule has 0 amide bonds. The van der Waals surface area contributed by atoms with Crippen LogP contribution in [0.2, 0.25) is 0 Å². The van der Waals surface area contributed by atoms with Crippen molar-refractivity contribution in [2.24, 2.45) is 9.98 Å². The van der Waals surface area contributed by atoms with E-state index in [0.717, 1.165) is 12.3 Å². The maximum atomic E-state index is 4.85. The SMILES string of the molecule is CCC(=NC)N=C(C)OC. The minimum atomic E-state index is 0.655. The Kier molecular flexibility index (Phi) is 4.54. The zero-order valence-corrected chi connectivity index (χ0v) is 7.01. The highest BCUT2D eigenvalue weighted by atomic mass is 16.5. The van der Waals surface area contributed by atoms with Crippen LogP contribution in [-0.4, -0.2) is 25.9 Å². The van der Waals surface area contributed by atoms with Crippen LogP contribution < -0.4 is 0 Å². The zero-order valence-electron chi connectivity index (χ0n) is 7.01. The highest BCUT2D eigenvalue weighted by Gasteiger charge is 1.91. The summed E-state index contributed by atoms with van der Waals surface area (Å²) in [4.78, 5) is 8.02. The fourth-order valence-electron chi connectivity index (χ4n) is 0.515.